The minimum absolute atomic E-state index is 0. The van der Waals surface area contributed by atoms with E-state index in [1.54, 1.807) is 0 Å². The third-order valence-corrected chi connectivity index (χ3v) is 3.33. The van der Waals surface area contributed by atoms with E-state index >= 15 is 0 Å². The monoisotopic (exact) mass is 227 g/mol. The molecule has 2 nitrogen and oxygen atoms in total. The predicted octanol–water partition coefficient (Wildman–Crippen LogP) is 2.15. The molecule has 0 aliphatic heterocycles. The largest absolute Gasteiger partial charge is 0.394 e. The van der Waals surface area contributed by atoms with Crippen LogP contribution >= 0.6 is 12.4 Å². The first-order valence-electron chi connectivity index (χ1n) is 5.16. The van der Waals surface area contributed by atoms with Crippen LogP contribution in [0.15, 0.2) is 24.3 Å². The molecule has 0 spiro atoms. The number of halogens is 1. The van der Waals surface area contributed by atoms with Crippen molar-refractivity contribution in [2.45, 2.75) is 31.2 Å². The summed E-state index contributed by atoms with van der Waals surface area (Å²) >= 11 is 0. The van der Waals surface area contributed by atoms with Gasteiger partial charge in [0.1, 0.15) is 0 Å². The van der Waals surface area contributed by atoms with Crippen molar-refractivity contribution in [2.24, 2.45) is 5.73 Å². The lowest BCUT2D eigenvalue weighted by Crippen LogP contribution is -2.43. The Bertz CT molecular complexity index is 342. The fourth-order valence-corrected chi connectivity index (χ4v) is 2.31. The Hall–Kier alpha value is -0.570. The number of aliphatic hydroxyl groups excluding tert-OH is 1. The first kappa shape index (κ1) is 12.5. The van der Waals surface area contributed by atoms with Crippen LogP contribution in [0.4, 0.5) is 0 Å². The summed E-state index contributed by atoms with van der Waals surface area (Å²) in [4.78, 5) is 0. The molecule has 1 aliphatic carbocycles. The molecule has 2 rings (SSSR count). The van der Waals surface area contributed by atoms with E-state index in [1.807, 2.05) is 18.2 Å². The van der Waals surface area contributed by atoms with Crippen LogP contribution in [0.3, 0.4) is 0 Å². The fraction of sp³-hybridized carbons (Fsp3) is 0.500. The number of rotatable bonds is 1. The van der Waals surface area contributed by atoms with E-state index in [9.17, 15) is 5.11 Å². The second-order valence-corrected chi connectivity index (χ2v) is 4.34. The van der Waals surface area contributed by atoms with Crippen LogP contribution in [-0.4, -0.2) is 11.7 Å². The first-order valence-corrected chi connectivity index (χ1v) is 5.16. The molecule has 1 aliphatic rings. The molecule has 0 radical (unpaired) electrons. The molecule has 15 heavy (non-hydrogen) atoms. The summed E-state index contributed by atoms with van der Waals surface area (Å²) in [5, 5.41) is 9.36. The molecule has 2 atom stereocenters. The van der Waals surface area contributed by atoms with Gasteiger partial charge in [-0.15, -0.1) is 12.4 Å². The van der Waals surface area contributed by atoms with Gasteiger partial charge in [0.05, 0.1) is 12.1 Å². The quantitative estimate of drug-likeness (QED) is 0.773. The molecule has 0 amide bonds. The number of aliphatic hydroxyl groups is 1. The maximum absolute atomic E-state index is 9.36. The van der Waals surface area contributed by atoms with Gasteiger partial charge in [-0.3, -0.25) is 0 Å². The van der Waals surface area contributed by atoms with E-state index in [4.69, 9.17) is 5.73 Å². The van der Waals surface area contributed by atoms with Crippen LogP contribution < -0.4 is 5.73 Å². The van der Waals surface area contributed by atoms with Crippen molar-refractivity contribution in [2.75, 3.05) is 6.61 Å². The smallest absolute Gasteiger partial charge is 0.0653 e. The number of hydrogen-bond acceptors (Lipinski definition) is 2. The number of benzene rings is 1. The third-order valence-electron chi connectivity index (χ3n) is 3.33. The van der Waals surface area contributed by atoms with Crippen molar-refractivity contribution in [1.29, 1.82) is 0 Å². The van der Waals surface area contributed by atoms with Crippen LogP contribution in [0.25, 0.3) is 0 Å². The SMILES string of the molecule is CC1CCC(N)(CO)c2ccccc21.Cl. The number of fused-ring (bicyclic) bond motifs is 1. The summed E-state index contributed by atoms with van der Waals surface area (Å²) in [6.07, 6.45) is 1.94. The molecule has 3 heteroatoms. The third kappa shape index (κ3) is 2.03. The van der Waals surface area contributed by atoms with Crippen LogP contribution in [0.2, 0.25) is 0 Å². The fourth-order valence-electron chi connectivity index (χ4n) is 2.31. The molecule has 2 unspecified atom stereocenters. The Morgan fingerprint density at radius 3 is 2.80 bits per heavy atom. The lowest BCUT2D eigenvalue weighted by atomic mass is 9.73. The van der Waals surface area contributed by atoms with Gasteiger partial charge in [-0.2, -0.15) is 0 Å². The topological polar surface area (TPSA) is 46.2 Å². The van der Waals surface area contributed by atoms with E-state index in [2.05, 4.69) is 13.0 Å². The lowest BCUT2D eigenvalue weighted by molar-refractivity contribution is 0.174. The molecule has 0 heterocycles. The van der Waals surface area contributed by atoms with Gasteiger partial charge in [0.25, 0.3) is 0 Å². The molecule has 0 aromatic heterocycles. The van der Waals surface area contributed by atoms with Crippen LogP contribution in [-0.2, 0) is 5.54 Å². The zero-order chi connectivity index (χ0) is 10.2. The van der Waals surface area contributed by atoms with Crippen LogP contribution in [0.1, 0.15) is 36.8 Å². The van der Waals surface area contributed by atoms with Crippen LogP contribution in [0.5, 0.6) is 0 Å². The maximum Gasteiger partial charge on any atom is 0.0653 e. The zero-order valence-corrected chi connectivity index (χ0v) is 9.76. The predicted molar refractivity (Wildman–Crippen MR) is 64.3 cm³/mol. The van der Waals surface area contributed by atoms with Gasteiger partial charge in [-0.1, -0.05) is 31.2 Å². The number of hydrogen-bond donors (Lipinski definition) is 2. The molecule has 0 saturated heterocycles. The van der Waals surface area contributed by atoms with E-state index in [0.717, 1.165) is 18.4 Å². The zero-order valence-electron chi connectivity index (χ0n) is 8.94. The maximum atomic E-state index is 9.36. The van der Waals surface area contributed by atoms with Gasteiger partial charge >= 0.3 is 0 Å². The highest BCUT2D eigenvalue weighted by molar-refractivity contribution is 5.85. The van der Waals surface area contributed by atoms with Gasteiger partial charge in [0.15, 0.2) is 0 Å². The number of nitrogens with two attached hydrogens (primary N) is 1. The van der Waals surface area contributed by atoms with Gasteiger partial charge in [0.2, 0.25) is 0 Å². The molecular weight excluding hydrogens is 210 g/mol. The average molecular weight is 228 g/mol. The molecule has 0 saturated carbocycles. The summed E-state index contributed by atoms with van der Waals surface area (Å²) in [6.45, 7) is 2.26. The molecular formula is C12H18ClNO. The second-order valence-electron chi connectivity index (χ2n) is 4.34. The Balaban J connectivity index is 0.00000112. The summed E-state index contributed by atoms with van der Waals surface area (Å²) in [7, 11) is 0. The summed E-state index contributed by atoms with van der Waals surface area (Å²) in [5.41, 5.74) is 8.10. The normalized spacial score (nSPS) is 29.1. The van der Waals surface area contributed by atoms with Crippen molar-refractivity contribution >= 4 is 12.4 Å². The first-order chi connectivity index (χ1) is 6.67. The Kier molecular flexibility index (Phi) is 3.77. The highest BCUT2D eigenvalue weighted by atomic mass is 35.5. The standard InChI is InChI=1S/C12H17NO.ClH/c1-9-6-7-12(13,8-14)11-5-3-2-4-10(9)11;/h2-5,9,14H,6-8,13H2,1H3;1H. The van der Waals surface area contributed by atoms with E-state index in [0.29, 0.717) is 5.92 Å². The average Bonchev–Trinajstić information content (AvgIpc) is 2.24. The minimum Gasteiger partial charge on any atom is -0.394 e. The summed E-state index contributed by atoms with van der Waals surface area (Å²) in [5.74, 6) is 0.564. The van der Waals surface area contributed by atoms with Gasteiger partial charge in [-0.05, 0) is 29.9 Å². The summed E-state index contributed by atoms with van der Waals surface area (Å²) in [6, 6.07) is 8.20. The van der Waals surface area contributed by atoms with Crippen molar-refractivity contribution < 1.29 is 5.11 Å². The van der Waals surface area contributed by atoms with Gasteiger partial charge < -0.3 is 10.8 Å². The molecule has 84 valence electrons. The Morgan fingerprint density at radius 1 is 1.47 bits per heavy atom. The highest BCUT2D eigenvalue weighted by Crippen LogP contribution is 2.39. The Morgan fingerprint density at radius 2 is 2.13 bits per heavy atom. The molecule has 1 aromatic rings. The molecule has 1 aromatic carbocycles. The highest BCUT2D eigenvalue weighted by Gasteiger charge is 2.34. The van der Waals surface area contributed by atoms with Crippen molar-refractivity contribution in [3.63, 3.8) is 0 Å². The molecule has 0 fully saturated rings. The van der Waals surface area contributed by atoms with Crippen molar-refractivity contribution in [3.8, 4) is 0 Å². The molecule has 0 bridgehead atoms. The van der Waals surface area contributed by atoms with E-state index in [-0.39, 0.29) is 19.0 Å². The van der Waals surface area contributed by atoms with E-state index < -0.39 is 5.54 Å². The Labute approximate surface area is 96.9 Å². The minimum atomic E-state index is -0.511. The van der Waals surface area contributed by atoms with Crippen molar-refractivity contribution in [1.82, 2.24) is 0 Å². The second kappa shape index (κ2) is 4.52. The van der Waals surface area contributed by atoms with Gasteiger partial charge in [-0.25, -0.2) is 0 Å². The van der Waals surface area contributed by atoms with Crippen molar-refractivity contribution in [3.05, 3.63) is 35.4 Å². The van der Waals surface area contributed by atoms with Gasteiger partial charge in [0, 0.05) is 0 Å². The molecule has 3 N–H and O–H groups in total. The summed E-state index contributed by atoms with van der Waals surface area (Å²) < 4.78 is 0. The van der Waals surface area contributed by atoms with Crippen LogP contribution in [0, 0.1) is 0 Å². The lowest BCUT2D eigenvalue weighted by Gasteiger charge is -2.37. The van der Waals surface area contributed by atoms with E-state index in [1.165, 1.54) is 5.56 Å².